The standard InChI is InChI=1S/C17H26N4O4/c1-3-14-19-15(25-20-14)10-24-11-8-21(9-11)16(22)18-12-7-13(23-2)17(12)5-4-6-17/h11-13H,3-10H2,1-2H3,(H,18,22). The average Bonchev–Trinajstić information content (AvgIpc) is 2.95. The number of amides is 2. The summed E-state index contributed by atoms with van der Waals surface area (Å²) in [6.45, 7) is 3.49. The van der Waals surface area contributed by atoms with Gasteiger partial charge in [-0.05, 0) is 19.3 Å². The first-order chi connectivity index (χ1) is 12.1. The summed E-state index contributed by atoms with van der Waals surface area (Å²) in [5.41, 5.74) is 0.195. The molecular formula is C17H26N4O4. The van der Waals surface area contributed by atoms with Crippen molar-refractivity contribution in [3.05, 3.63) is 11.7 Å². The van der Waals surface area contributed by atoms with Gasteiger partial charge in [-0.1, -0.05) is 18.5 Å². The highest BCUT2D eigenvalue weighted by atomic mass is 16.5. The fraction of sp³-hybridized carbons (Fsp3) is 0.824. The third-order valence-corrected chi connectivity index (χ3v) is 6.06. The van der Waals surface area contributed by atoms with Crippen LogP contribution < -0.4 is 5.32 Å². The summed E-state index contributed by atoms with van der Waals surface area (Å²) in [7, 11) is 1.77. The van der Waals surface area contributed by atoms with Crippen LogP contribution in [-0.4, -0.2) is 59.5 Å². The lowest BCUT2D eigenvalue weighted by Gasteiger charge is -2.61. The van der Waals surface area contributed by atoms with Crippen LogP contribution >= 0.6 is 0 Å². The lowest BCUT2D eigenvalue weighted by Crippen LogP contribution is -2.69. The molecule has 1 N–H and O–H groups in total. The molecule has 3 aliphatic rings. The van der Waals surface area contributed by atoms with Crippen molar-refractivity contribution in [1.82, 2.24) is 20.4 Å². The molecule has 2 saturated carbocycles. The van der Waals surface area contributed by atoms with Gasteiger partial charge in [0.2, 0.25) is 0 Å². The molecule has 4 rings (SSSR count). The molecule has 8 heteroatoms. The second-order valence-corrected chi connectivity index (χ2v) is 7.34. The molecule has 0 bridgehead atoms. The number of hydrogen-bond donors (Lipinski definition) is 1. The number of nitrogens with one attached hydrogen (secondary N) is 1. The summed E-state index contributed by atoms with van der Waals surface area (Å²) in [5, 5.41) is 7.03. The molecule has 2 unspecified atom stereocenters. The Bertz CT molecular complexity index is 624. The summed E-state index contributed by atoms with van der Waals surface area (Å²) < 4.78 is 16.4. The maximum absolute atomic E-state index is 12.4. The minimum Gasteiger partial charge on any atom is -0.381 e. The highest BCUT2D eigenvalue weighted by molar-refractivity contribution is 5.76. The number of aromatic nitrogens is 2. The Balaban J connectivity index is 1.18. The van der Waals surface area contributed by atoms with E-state index in [4.69, 9.17) is 14.0 Å². The first-order valence-corrected chi connectivity index (χ1v) is 9.16. The van der Waals surface area contributed by atoms with Gasteiger partial charge in [0, 0.05) is 25.0 Å². The summed E-state index contributed by atoms with van der Waals surface area (Å²) in [4.78, 5) is 18.4. The minimum atomic E-state index is 0.0109. The molecule has 1 saturated heterocycles. The van der Waals surface area contributed by atoms with Crippen molar-refractivity contribution in [2.45, 2.75) is 63.9 Å². The van der Waals surface area contributed by atoms with E-state index in [1.807, 2.05) is 6.92 Å². The Morgan fingerprint density at radius 1 is 1.44 bits per heavy atom. The van der Waals surface area contributed by atoms with Gasteiger partial charge in [0.1, 0.15) is 6.61 Å². The Hall–Kier alpha value is -1.67. The number of nitrogens with zero attached hydrogens (tertiary/aromatic N) is 3. The molecule has 2 atom stereocenters. The summed E-state index contributed by atoms with van der Waals surface area (Å²) >= 11 is 0. The van der Waals surface area contributed by atoms with Crippen molar-refractivity contribution >= 4 is 6.03 Å². The fourth-order valence-corrected chi connectivity index (χ4v) is 4.17. The first kappa shape index (κ1) is 16.8. The predicted molar refractivity (Wildman–Crippen MR) is 87.8 cm³/mol. The summed E-state index contributed by atoms with van der Waals surface area (Å²) in [6, 6.07) is 0.265. The molecule has 2 amide bonds. The van der Waals surface area contributed by atoms with Crippen LogP contribution in [0, 0.1) is 5.41 Å². The maximum Gasteiger partial charge on any atom is 0.317 e. The zero-order valence-electron chi connectivity index (χ0n) is 14.9. The van der Waals surface area contributed by atoms with E-state index in [0.29, 0.717) is 37.5 Å². The molecule has 25 heavy (non-hydrogen) atoms. The Kier molecular flexibility index (Phi) is 4.41. The van der Waals surface area contributed by atoms with Gasteiger partial charge in [0.05, 0.1) is 25.3 Å². The molecule has 1 aromatic heterocycles. The number of carbonyl (C=O) groups is 1. The molecule has 3 fully saturated rings. The van der Waals surface area contributed by atoms with Crippen LogP contribution in [0.25, 0.3) is 0 Å². The topological polar surface area (TPSA) is 89.7 Å². The number of aryl methyl sites for hydroxylation is 1. The molecule has 0 aromatic carbocycles. The van der Waals surface area contributed by atoms with Gasteiger partial charge in [-0.2, -0.15) is 4.98 Å². The highest BCUT2D eigenvalue weighted by Crippen LogP contribution is 2.57. The second kappa shape index (κ2) is 6.57. The highest BCUT2D eigenvalue weighted by Gasteiger charge is 2.59. The van der Waals surface area contributed by atoms with Crippen LogP contribution in [0.5, 0.6) is 0 Å². The molecule has 2 heterocycles. The molecule has 2 aliphatic carbocycles. The van der Waals surface area contributed by atoms with E-state index in [1.165, 1.54) is 6.42 Å². The van der Waals surface area contributed by atoms with Crippen LogP contribution in [0.15, 0.2) is 4.52 Å². The van der Waals surface area contributed by atoms with E-state index in [-0.39, 0.29) is 23.6 Å². The Morgan fingerprint density at radius 2 is 2.24 bits per heavy atom. The Labute approximate surface area is 147 Å². The van der Waals surface area contributed by atoms with E-state index in [2.05, 4.69) is 15.5 Å². The first-order valence-electron chi connectivity index (χ1n) is 9.16. The maximum atomic E-state index is 12.4. The third kappa shape index (κ3) is 2.91. The molecule has 1 spiro atoms. The number of rotatable bonds is 6. The van der Waals surface area contributed by atoms with Gasteiger partial charge in [-0.3, -0.25) is 0 Å². The van der Waals surface area contributed by atoms with E-state index < -0.39 is 0 Å². The summed E-state index contributed by atoms with van der Waals surface area (Å²) in [6.07, 6.45) is 5.56. The third-order valence-electron chi connectivity index (χ3n) is 6.06. The zero-order valence-corrected chi connectivity index (χ0v) is 14.9. The number of hydrogen-bond acceptors (Lipinski definition) is 6. The van der Waals surface area contributed by atoms with E-state index in [9.17, 15) is 4.79 Å². The van der Waals surface area contributed by atoms with Gasteiger partial charge in [0.15, 0.2) is 5.82 Å². The quantitative estimate of drug-likeness (QED) is 0.836. The molecule has 0 radical (unpaired) electrons. The van der Waals surface area contributed by atoms with E-state index >= 15 is 0 Å². The normalized spacial score (nSPS) is 27.5. The monoisotopic (exact) mass is 350 g/mol. The van der Waals surface area contributed by atoms with Crippen molar-refractivity contribution < 1.29 is 18.8 Å². The zero-order chi connectivity index (χ0) is 17.4. The van der Waals surface area contributed by atoms with Crippen LogP contribution in [0.1, 0.15) is 44.3 Å². The van der Waals surface area contributed by atoms with Crippen LogP contribution in [0.3, 0.4) is 0 Å². The molecule has 1 aromatic rings. The number of urea groups is 1. The minimum absolute atomic E-state index is 0.0109. The number of methoxy groups -OCH3 is 1. The van der Waals surface area contributed by atoms with Crippen molar-refractivity contribution in [2.75, 3.05) is 20.2 Å². The lowest BCUT2D eigenvalue weighted by atomic mass is 9.51. The van der Waals surface area contributed by atoms with Gasteiger partial charge in [0.25, 0.3) is 5.89 Å². The van der Waals surface area contributed by atoms with Crippen molar-refractivity contribution in [3.63, 3.8) is 0 Å². The lowest BCUT2D eigenvalue weighted by molar-refractivity contribution is -0.159. The SMILES string of the molecule is CCc1noc(COC2CN(C(=O)NC3CC(OC)C34CCC4)C2)n1. The molecular weight excluding hydrogens is 324 g/mol. The van der Waals surface area contributed by atoms with Crippen LogP contribution in [-0.2, 0) is 22.5 Å². The van der Waals surface area contributed by atoms with Crippen molar-refractivity contribution in [3.8, 4) is 0 Å². The van der Waals surface area contributed by atoms with Gasteiger partial charge in [-0.25, -0.2) is 4.79 Å². The number of ether oxygens (including phenoxy) is 2. The van der Waals surface area contributed by atoms with Gasteiger partial charge >= 0.3 is 6.03 Å². The van der Waals surface area contributed by atoms with Crippen LogP contribution in [0.2, 0.25) is 0 Å². The van der Waals surface area contributed by atoms with Crippen LogP contribution in [0.4, 0.5) is 4.79 Å². The molecule has 138 valence electrons. The van der Waals surface area contributed by atoms with Gasteiger partial charge in [-0.15, -0.1) is 0 Å². The largest absolute Gasteiger partial charge is 0.381 e. The summed E-state index contributed by atoms with van der Waals surface area (Å²) in [5.74, 6) is 1.18. The van der Waals surface area contributed by atoms with E-state index in [0.717, 1.165) is 25.7 Å². The smallest absolute Gasteiger partial charge is 0.317 e. The number of likely N-dealkylation sites (tertiary alicyclic amines) is 1. The molecule has 8 nitrogen and oxygen atoms in total. The second-order valence-electron chi connectivity index (χ2n) is 7.34. The van der Waals surface area contributed by atoms with Crippen molar-refractivity contribution in [1.29, 1.82) is 0 Å². The van der Waals surface area contributed by atoms with E-state index in [1.54, 1.807) is 12.0 Å². The predicted octanol–water partition coefficient (Wildman–Crippen LogP) is 1.50. The number of carbonyl (C=O) groups excluding carboxylic acids is 1. The average molecular weight is 350 g/mol. The van der Waals surface area contributed by atoms with Crippen molar-refractivity contribution in [2.24, 2.45) is 5.41 Å². The van der Waals surface area contributed by atoms with Gasteiger partial charge < -0.3 is 24.2 Å². The molecule has 1 aliphatic heterocycles. The fourth-order valence-electron chi connectivity index (χ4n) is 4.17. The Morgan fingerprint density at radius 3 is 2.84 bits per heavy atom.